The predicted octanol–water partition coefficient (Wildman–Crippen LogP) is 1.85. The van der Waals surface area contributed by atoms with E-state index in [1.54, 1.807) is 0 Å². The van der Waals surface area contributed by atoms with Crippen LogP contribution in [0.25, 0.3) is 0 Å². The molecule has 0 unspecified atom stereocenters. The molecule has 5 heteroatoms. The number of ether oxygens (including phenoxy) is 4. The Labute approximate surface area is 124 Å². The summed E-state index contributed by atoms with van der Waals surface area (Å²) in [6.07, 6.45) is 2.29. The molecule has 0 aromatic heterocycles. The third-order valence-electron chi connectivity index (χ3n) is 2.56. The molecule has 0 spiro atoms. The van der Waals surface area contributed by atoms with Crippen molar-refractivity contribution in [3.05, 3.63) is 0 Å². The molecule has 0 aromatic rings. The SMILES string of the molecule is CCCCOCCOCCOCCOCCNC(C)C. The highest BCUT2D eigenvalue weighted by atomic mass is 16.6. The Hall–Kier alpha value is -0.200. The van der Waals surface area contributed by atoms with Crippen molar-refractivity contribution in [2.24, 2.45) is 0 Å². The van der Waals surface area contributed by atoms with Crippen LogP contribution in [0.3, 0.4) is 0 Å². The van der Waals surface area contributed by atoms with E-state index < -0.39 is 0 Å². The highest BCUT2D eigenvalue weighted by molar-refractivity contribution is 4.50. The lowest BCUT2D eigenvalue weighted by atomic mass is 10.4. The molecule has 20 heavy (non-hydrogen) atoms. The molecular weight excluding hydrogens is 258 g/mol. The molecule has 0 aromatic carbocycles. The van der Waals surface area contributed by atoms with E-state index in [-0.39, 0.29) is 0 Å². The van der Waals surface area contributed by atoms with Crippen LogP contribution in [0.15, 0.2) is 0 Å². The van der Waals surface area contributed by atoms with Crippen molar-refractivity contribution in [2.75, 3.05) is 59.4 Å². The fourth-order valence-electron chi connectivity index (χ4n) is 1.43. The van der Waals surface area contributed by atoms with Crippen molar-refractivity contribution >= 4 is 0 Å². The van der Waals surface area contributed by atoms with Crippen LogP contribution >= 0.6 is 0 Å². The zero-order chi connectivity index (χ0) is 14.9. The maximum absolute atomic E-state index is 5.42. The highest BCUT2D eigenvalue weighted by Gasteiger charge is 1.94. The summed E-state index contributed by atoms with van der Waals surface area (Å²) in [6.45, 7) is 12.7. The van der Waals surface area contributed by atoms with E-state index in [1.807, 2.05) is 0 Å². The van der Waals surface area contributed by atoms with Crippen LogP contribution < -0.4 is 5.32 Å². The average molecular weight is 291 g/mol. The maximum Gasteiger partial charge on any atom is 0.0701 e. The molecule has 0 heterocycles. The minimum Gasteiger partial charge on any atom is -0.379 e. The van der Waals surface area contributed by atoms with Crippen molar-refractivity contribution in [2.45, 2.75) is 39.7 Å². The lowest BCUT2D eigenvalue weighted by Crippen LogP contribution is -2.27. The molecule has 1 N–H and O–H groups in total. The molecule has 122 valence electrons. The van der Waals surface area contributed by atoms with E-state index in [9.17, 15) is 0 Å². The second kappa shape index (κ2) is 16.9. The first-order chi connectivity index (χ1) is 9.77. The van der Waals surface area contributed by atoms with Crippen LogP contribution in [0.1, 0.15) is 33.6 Å². The monoisotopic (exact) mass is 291 g/mol. The fourth-order valence-corrected chi connectivity index (χ4v) is 1.43. The molecule has 0 aliphatic carbocycles. The second-order valence-corrected chi connectivity index (χ2v) is 4.91. The van der Waals surface area contributed by atoms with Crippen molar-refractivity contribution < 1.29 is 18.9 Å². The van der Waals surface area contributed by atoms with Gasteiger partial charge in [0.05, 0.1) is 46.2 Å². The minimum absolute atomic E-state index is 0.512. The zero-order valence-electron chi connectivity index (χ0n) is 13.5. The summed E-state index contributed by atoms with van der Waals surface area (Å²) in [7, 11) is 0. The molecule has 0 amide bonds. The molecule has 0 fully saturated rings. The van der Waals surface area contributed by atoms with Crippen LogP contribution in [0.4, 0.5) is 0 Å². The van der Waals surface area contributed by atoms with Gasteiger partial charge in [-0.1, -0.05) is 27.2 Å². The van der Waals surface area contributed by atoms with Gasteiger partial charge in [0.1, 0.15) is 0 Å². The molecule has 0 atom stereocenters. The van der Waals surface area contributed by atoms with Gasteiger partial charge in [0, 0.05) is 19.2 Å². The summed E-state index contributed by atoms with van der Waals surface area (Å²) in [5.74, 6) is 0. The van der Waals surface area contributed by atoms with E-state index in [4.69, 9.17) is 18.9 Å². The molecule has 5 nitrogen and oxygen atoms in total. The largest absolute Gasteiger partial charge is 0.379 e. The number of unbranched alkanes of at least 4 members (excludes halogenated alkanes) is 1. The maximum atomic E-state index is 5.42. The molecule has 0 radical (unpaired) electrons. The van der Waals surface area contributed by atoms with Gasteiger partial charge in [-0.15, -0.1) is 0 Å². The Morgan fingerprint density at radius 2 is 1.15 bits per heavy atom. The van der Waals surface area contributed by atoms with E-state index in [0.717, 1.165) is 26.2 Å². The molecular formula is C15H33NO4. The van der Waals surface area contributed by atoms with Crippen molar-refractivity contribution in [1.82, 2.24) is 5.32 Å². The minimum atomic E-state index is 0.512. The molecule has 0 aliphatic heterocycles. The summed E-state index contributed by atoms with van der Waals surface area (Å²) in [4.78, 5) is 0. The van der Waals surface area contributed by atoms with Gasteiger partial charge >= 0.3 is 0 Å². The lowest BCUT2D eigenvalue weighted by Gasteiger charge is -2.09. The van der Waals surface area contributed by atoms with Gasteiger partial charge in [0.25, 0.3) is 0 Å². The third-order valence-corrected chi connectivity index (χ3v) is 2.56. The van der Waals surface area contributed by atoms with Crippen LogP contribution in [0.5, 0.6) is 0 Å². The Bertz CT molecular complexity index is 179. The topological polar surface area (TPSA) is 49.0 Å². The molecule has 0 saturated carbocycles. The van der Waals surface area contributed by atoms with Crippen LogP contribution in [-0.4, -0.2) is 65.4 Å². The van der Waals surface area contributed by atoms with Crippen molar-refractivity contribution in [1.29, 1.82) is 0 Å². The fraction of sp³-hybridized carbons (Fsp3) is 1.00. The van der Waals surface area contributed by atoms with Gasteiger partial charge in [-0.2, -0.15) is 0 Å². The van der Waals surface area contributed by atoms with E-state index in [1.165, 1.54) is 6.42 Å². The quantitative estimate of drug-likeness (QED) is 0.440. The zero-order valence-corrected chi connectivity index (χ0v) is 13.5. The first-order valence-electron chi connectivity index (χ1n) is 7.81. The van der Waals surface area contributed by atoms with Crippen molar-refractivity contribution in [3.8, 4) is 0 Å². The number of hydrogen-bond acceptors (Lipinski definition) is 5. The summed E-state index contributed by atoms with van der Waals surface area (Å²) >= 11 is 0. The normalized spacial score (nSPS) is 11.4. The summed E-state index contributed by atoms with van der Waals surface area (Å²) < 4.78 is 21.6. The van der Waals surface area contributed by atoms with Crippen LogP contribution in [-0.2, 0) is 18.9 Å². The Balaban J connectivity index is 2.92. The summed E-state index contributed by atoms with van der Waals surface area (Å²) in [5.41, 5.74) is 0. The summed E-state index contributed by atoms with van der Waals surface area (Å²) in [6, 6.07) is 0.512. The van der Waals surface area contributed by atoms with Gasteiger partial charge in [-0.25, -0.2) is 0 Å². The molecule has 0 rings (SSSR count). The molecule has 0 aliphatic rings. The van der Waals surface area contributed by atoms with Gasteiger partial charge in [0.2, 0.25) is 0 Å². The highest BCUT2D eigenvalue weighted by Crippen LogP contribution is 1.88. The number of hydrogen-bond donors (Lipinski definition) is 1. The molecule has 0 bridgehead atoms. The van der Waals surface area contributed by atoms with Crippen molar-refractivity contribution in [3.63, 3.8) is 0 Å². The van der Waals surface area contributed by atoms with Crippen LogP contribution in [0.2, 0.25) is 0 Å². The van der Waals surface area contributed by atoms with E-state index in [2.05, 4.69) is 26.1 Å². The Kier molecular flexibility index (Phi) is 16.7. The lowest BCUT2D eigenvalue weighted by molar-refractivity contribution is -0.00177. The van der Waals surface area contributed by atoms with Gasteiger partial charge < -0.3 is 24.3 Å². The standard InChI is InChI=1S/C15H33NO4/c1-4-5-7-17-9-11-19-13-14-20-12-10-18-8-6-16-15(2)3/h15-16H,4-14H2,1-3H3. The van der Waals surface area contributed by atoms with Crippen LogP contribution in [0, 0.1) is 0 Å². The van der Waals surface area contributed by atoms with E-state index >= 15 is 0 Å². The summed E-state index contributed by atoms with van der Waals surface area (Å²) in [5, 5.41) is 3.29. The third kappa shape index (κ3) is 17.8. The second-order valence-electron chi connectivity index (χ2n) is 4.91. The first-order valence-corrected chi connectivity index (χ1v) is 7.81. The van der Waals surface area contributed by atoms with E-state index in [0.29, 0.717) is 45.7 Å². The van der Waals surface area contributed by atoms with Gasteiger partial charge in [-0.3, -0.25) is 0 Å². The molecule has 0 saturated heterocycles. The number of nitrogens with one attached hydrogen (secondary N) is 1. The number of rotatable bonds is 16. The first kappa shape index (κ1) is 19.8. The van der Waals surface area contributed by atoms with Gasteiger partial charge in [-0.05, 0) is 6.42 Å². The average Bonchev–Trinajstić information content (AvgIpc) is 2.43. The smallest absolute Gasteiger partial charge is 0.0701 e. The Morgan fingerprint density at radius 3 is 1.60 bits per heavy atom. The predicted molar refractivity (Wildman–Crippen MR) is 81.3 cm³/mol. The van der Waals surface area contributed by atoms with Gasteiger partial charge in [0.15, 0.2) is 0 Å². The Morgan fingerprint density at radius 1 is 0.700 bits per heavy atom.